The summed E-state index contributed by atoms with van der Waals surface area (Å²) in [5.41, 5.74) is 1.97. The van der Waals surface area contributed by atoms with Gasteiger partial charge in [0, 0.05) is 38.6 Å². The van der Waals surface area contributed by atoms with Gasteiger partial charge in [0.05, 0.1) is 12.4 Å². The van der Waals surface area contributed by atoms with Crippen molar-refractivity contribution in [1.29, 1.82) is 0 Å². The Bertz CT molecular complexity index is 933. The first-order valence-corrected chi connectivity index (χ1v) is 11.1. The van der Waals surface area contributed by atoms with Gasteiger partial charge in [0.2, 0.25) is 16.0 Å². The Morgan fingerprint density at radius 2 is 1.93 bits per heavy atom. The molecule has 2 aliphatic rings. The van der Waals surface area contributed by atoms with Crippen molar-refractivity contribution in [3.8, 4) is 5.75 Å². The van der Waals surface area contributed by atoms with E-state index in [1.54, 1.807) is 23.8 Å². The van der Waals surface area contributed by atoms with Gasteiger partial charge in [-0.1, -0.05) is 12.1 Å². The molecule has 4 rings (SSSR count). The first kappa shape index (κ1) is 19.1. The van der Waals surface area contributed by atoms with Crippen LogP contribution in [0, 0.1) is 12.8 Å². The summed E-state index contributed by atoms with van der Waals surface area (Å²) >= 11 is 0. The summed E-state index contributed by atoms with van der Waals surface area (Å²) in [6.45, 7) is 4.38. The second-order valence-corrected chi connectivity index (χ2v) is 9.76. The van der Waals surface area contributed by atoms with Crippen molar-refractivity contribution in [2.45, 2.75) is 31.6 Å². The number of anilines is 1. The van der Waals surface area contributed by atoms with E-state index in [9.17, 15) is 8.42 Å². The van der Waals surface area contributed by atoms with Gasteiger partial charge in [-0.25, -0.2) is 18.4 Å². The maximum absolute atomic E-state index is 13.2. The van der Waals surface area contributed by atoms with Crippen LogP contribution >= 0.6 is 0 Å². The summed E-state index contributed by atoms with van der Waals surface area (Å²) in [6, 6.07) is 7.62. The molecular weight excluding hydrogens is 376 g/mol. The van der Waals surface area contributed by atoms with Gasteiger partial charge in [-0.2, -0.15) is 4.31 Å². The van der Waals surface area contributed by atoms with Gasteiger partial charge in [-0.05, 0) is 48.9 Å². The van der Waals surface area contributed by atoms with Crippen LogP contribution in [0.4, 0.5) is 5.95 Å². The van der Waals surface area contributed by atoms with E-state index in [-0.39, 0.29) is 11.2 Å². The minimum Gasteiger partial charge on any atom is -0.497 e. The van der Waals surface area contributed by atoms with Crippen LogP contribution in [0.15, 0.2) is 36.7 Å². The Balaban J connectivity index is 1.47. The molecule has 0 saturated carbocycles. The quantitative estimate of drug-likeness (QED) is 0.781. The maximum atomic E-state index is 13.2. The summed E-state index contributed by atoms with van der Waals surface area (Å²) in [5.74, 6) is 1.58. The number of ether oxygens (including phenoxy) is 1. The third kappa shape index (κ3) is 3.71. The van der Waals surface area contributed by atoms with Crippen molar-refractivity contribution in [3.05, 3.63) is 47.8 Å². The number of fused-ring (bicyclic) bond motifs is 1. The third-order valence-electron chi connectivity index (χ3n) is 5.70. The van der Waals surface area contributed by atoms with Crippen molar-refractivity contribution < 1.29 is 13.2 Å². The molecule has 1 aromatic carbocycles. The molecule has 2 fully saturated rings. The van der Waals surface area contributed by atoms with Gasteiger partial charge in [0.15, 0.2) is 0 Å². The molecule has 1 aromatic heterocycles. The highest BCUT2D eigenvalue weighted by Crippen LogP contribution is 2.36. The molecule has 0 unspecified atom stereocenters. The monoisotopic (exact) mass is 402 g/mol. The lowest BCUT2D eigenvalue weighted by molar-refractivity contribution is 0.379. The minimum atomic E-state index is -3.32. The smallest absolute Gasteiger partial charge is 0.225 e. The predicted molar refractivity (Wildman–Crippen MR) is 108 cm³/mol. The molecule has 0 radical (unpaired) electrons. The van der Waals surface area contributed by atoms with Crippen LogP contribution in [0.1, 0.15) is 24.0 Å². The van der Waals surface area contributed by atoms with Crippen molar-refractivity contribution >= 4 is 16.0 Å². The predicted octanol–water partition coefficient (Wildman–Crippen LogP) is 2.22. The zero-order valence-electron chi connectivity index (χ0n) is 16.3. The fraction of sp³-hybridized carbons (Fsp3) is 0.500. The lowest BCUT2D eigenvalue weighted by Gasteiger charge is -2.22. The number of methoxy groups -OCH3 is 1. The van der Waals surface area contributed by atoms with E-state index in [0.717, 1.165) is 29.8 Å². The Hall–Kier alpha value is -2.19. The number of hydrogen-bond donors (Lipinski definition) is 0. The number of nitrogens with zero attached hydrogens (tertiary/aromatic N) is 4. The fourth-order valence-electron chi connectivity index (χ4n) is 4.17. The van der Waals surface area contributed by atoms with Crippen molar-refractivity contribution in [2.75, 3.05) is 31.6 Å². The zero-order chi connectivity index (χ0) is 19.7. The highest BCUT2D eigenvalue weighted by molar-refractivity contribution is 7.90. The van der Waals surface area contributed by atoms with Gasteiger partial charge >= 0.3 is 0 Å². The first-order chi connectivity index (χ1) is 13.5. The van der Waals surface area contributed by atoms with E-state index in [0.29, 0.717) is 32.0 Å². The second kappa shape index (κ2) is 7.67. The second-order valence-electron chi connectivity index (χ2n) is 7.61. The normalized spacial score (nSPS) is 24.6. The lowest BCUT2D eigenvalue weighted by atomic mass is 10.0. The number of sulfonamides is 1. The number of aryl methyl sites for hydroxylation is 1. The molecule has 7 nitrogen and oxygen atoms in total. The standard InChI is InChI=1S/C20H26N4O3S/c1-15-11-21-20(22-12-15)23-8-6-17-14-24(28(25,26)19(17)7-9-23)13-16-4-3-5-18(10-16)27-2/h3-5,10-12,17,19H,6-9,13-14H2,1-2H3/t17-,19-/m1/s1. The van der Waals surface area contributed by atoms with E-state index < -0.39 is 10.0 Å². The Morgan fingerprint density at radius 3 is 2.68 bits per heavy atom. The summed E-state index contributed by atoms with van der Waals surface area (Å²) in [5, 5.41) is -0.325. The molecule has 0 aliphatic carbocycles. The van der Waals surface area contributed by atoms with E-state index in [2.05, 4.69) is 14.9 Å². The Labute approximate surface area is 166 Å². The lowest BCUT2D eigenvalue weighted by Crippen LogP contribution is -2.32. The highest BCUT2D eigenvalue weighted by atomic mass is 32.2. The van der Waals surface area contributed by atoms with Crippen LogP contribution in [-0.4, -0.2) is 54.7 Å². The molecule has 2 saturated heterocycles. The topological polar surface area (TPSA) is 75.6 Å². The summed E-state index contributed by atoms with van der Waals surface area (Å²) in [6.07, 6.45) is 5.05. The summed E-state index contributed by atoms with van der Waals surface area (Å²) in [4.78, 5) is 10.9. The SMILES string of the molecule is COc1cccc(CN2C[C@H]3CCN(c4ncc(C)cn4)CC[C@H]3S2(=O)=O)c1. The van der Waals surface area contributed by atoms with Gasteiger partial charge in [-0.3, -0.25) is 0 Å². The van der Waals surface area contributed by atoms with Gasteiger partial charge < -0.3 is 9.64 Å². The van der Waals surface area contributed by atoms with Crippen molar-refractivity contribution in [1.82, 2.24) is 14.3 Å². The van der Waals surface area contributed by atoms with Crippen LogP contribution in [0.3, 0.4) is 0 Å². The summed E-state index contributed by atoms with van der Waals surface area (Å²) in [7, 11) is -1.70. The molecule has 2 aromatic rings. The van der Waals surface area contributed by atoms with Crippen LogP contribution in [0.25, 0.3) is 0 Å². The molecule has 0 spiro atoms. The van der Waals surface area contributed by atoms with E-state index in [1.807, 2.05) is 31.2 Å². The maximum Gasteiger partial charge on any atom is 0.225 e. The van der Waals surface area contributed by atoms with E-state index >= 15 is 0 Å². The third-order valence-corrected chi connectivity index (χ3v) is 8.09. The number of hydrogen-bond acceptors (Lipinski definition) is 6. The number of aromatic nitrogens is 2. The zero-order valence-corrected chi connectivity index (χ0v) is 17.1. The van der Waals surface area contributed by atoms with Gasteiger partial charge in [0.25, 0.3) is 0 Å². The molecule has 2 aliphatic heterocycles. The van der Waals surface area contributed by atoms with Gasteiger partial charge in [-0.15, -0.1) is 0 Å². The molecule has 28 heavy (non-hydrogen) atoms. The van der Waals surface area contributed by atoms with Crippen LogP contribution in [-0.2, 0) is 16.6 Å². The van der Waals surface area contributed by atoms with Crippen LogP contribution in [0.5, 0.6) is 5.75 Å². The van der Waals surface area contributed by atoms with E-state index in [1.165, 1.54) is 0 Å². The Kier molecular flexibility index (Phi) is 5.25. The molecule has 3 heterocycles. The Morgan fingerprint density at radius 1 is 1.18 bits per heavy atom. The largest absolute Gasteiger partial charge is 0.497 e. The minimum absolute atomic E-state index is 0.144. The molecule has 0 N–H and O–H groups in total. The highest BCUT2D eigenvalue weighted by Gasteiger charge is 2.46. The van der Waals surface area contributed by atoms with Crippen molar-refractivity contribution in [3.63, 3.8) is 0 Å². The molecule has 2 atom stereocenters. The average Bonchev–Trinajstić information content (AvgIpc) is 2.83. The average molecular weight is 403 g/mol. The molecule has 0 amide bonds. The molecule has 0 bridgehead atoms. The van der Waals surface area contributed by atoms with Crippen LogP contribution < -0.4 is 9.64 Å². The molecule has 8 heteroatoms. The number of rotatable bonds is 4. The molecular formula is C20H26N4O3S. The van der Waals surface area contributed by atoms with Crippen LogP contribution in [0.2, 0.25) is 0 Å². The summed E-state index contributed by atoms with van der Waals surface area (Å²) < 4.78 is 33.2. The van der Waals surface area contributed by atoms with E-state index in [4.69, 9.17) is 4.74 Å². The molecule has 150 valence electrons. The first-order valence-electron chi connectivity index (χ1n) is 9.63. The number of benzene rings is 1. The fourth-order valence-corrected chi connectivity index (χ4v) is 6.40. The van der Waals surface area contributed by atoms with Gasteiger partial charge in [0.1, 0.15) is 5.75 Å². The van der Waals surface area contributed by atoms with Crippen molar-refractivity contribution in [2.24, 2.45) is 5.92 Å².